The smallest absolute Gasteiger partial charge is 0.264 e. The molecule has 1 saturated heterocycles. The van der Waals surface area contributed by atoms with Crippen LogP contribution in [0.15, 0.2) is 22.7 Å². The van der Waals surface area contributed by atoms with E-state index in [0.29, 0.717) is 42.4 Å². The van der Waals surface area contributed by atoms with E-state index >= 15 is 0 Å². The normalized spacial score (nSPS) is 25.1. The van der Waals surface area contributed by atoms with E-state index in [2.05, 4.69) is 10.1 Å². The average Bonchev–Trinajstić information content (AvgIpc) is 3.30. The quantitative estimate of drug-likeness (QED) is 0.843. The van der Waals surface area contributed by atoms with Crippen LogP contribution in [0.4, 0.5) is 4.39 Å². The maximum absolute atomic E-state index is 13.4. The Kier molecular flexibility index (Phi) is 3.91. The third kappa shape index (κ3) is 2.86. The molecule has 0 aliphatic carbocycles. The van der Waals surface area contributed by atoms with Crippen LogP contribution in [0.2, 0.25) is 0 Å². The number of hydrogen-bond acceptors (Lipinski definition) is 6. The molecule has 0 saturated carbocycles. The van der Waals surface area contributed by atoms with Crippen LogP contribution < -0.4 is 4.74 Å². The number of amides is 1. The SMILES string of the molecule is CO[C@H]1C[C@H](c2nc(C)no2)N(C(=O)[C@@H]2Cc3cc(F)ccc3O2)C1. The molecule has 4 rings (SSSR count). The summed E-state index contributed by atoms with van der Waals surface area (Å²) in [4.78, 5) is 18.9. The van der Waals surface area contributed by atoms with Gasteiger partial charge in [0.25, 0.3) is 5.91 Å². The molecule has 1 amide bonds. The molecular formula is C17H18FN3O4. The fourth-order valence-corrected chi connectivity index (χ4v) is 3.43. The number of nitrogens with zero attached hydrogens (tertiary/aromatic N) is 3. The maximum Gasteiger partial charge on any atom is 0.264 e. The topological polar surface area (TPSA) is 77.7 Å². The summed E-state index contributed by atoms with van der Waals surface area (Å²) >= 11 is 0. The number of aryl methyl sites for hydroxylation is 1. The first-order valence-corrected chi connectivity index (χ1v) is 8.13. The predicted octanol–water partition coefficient (Wildman–Crippen LogP) is 1.81. The van der Waals surface area contributed by atoms with Crippen molar-refractivity contribution in [3.63, 3.8) is 0 Å². The summed E-state index contributed by atoms with van der Waals surface area (Å²) in [6, 6.07) is 3.94. The molecule has 0 spiro atoms. The summed E-state index contributed by atoms with van der Waals surface area (Å²) in [6.45, 7) is 2.15. The second kappa shape index (κ2) is 6.11. The molecule has 0 unspecified atom stereocenters. The van der Waals surface area contributed by atoms with E-state index in [4.69, 9.17) is 14.0 Å². The van der Waals surface area contributed by atoms with Gasteiger partial charge in [0.2, 0.25) is 5.89 Å². The monoisotopic (exact) mass is 347 g/mol. The molecular weight excluding hydrogens is 329 g/mol. The summed E-state index contributed by atoms with van der Waals surface area (Å²) in [5, 5.41) is 3.81. The van der Waals surface area contributed by atoms with Gasteiger partial charge in [0.1, 0.15) is 17.6 Å². The van der Waals surface area contributed by atoms with Gasteiger partial charge in [-0.25, -0.2) is 4.39 Å². The Morgan fingerprint density at radius 1 is 1.44 bits per heavy atom. The van der Waals surface area contributed by atoms with Crippen LogP contribution in [0, 0.1) is 12.7 Å². The van der Waals surface area contributed by atoms with Gasteiger partial charge in [0.05, 0.1) is 6.10 Å². The molecule has 1 fully saturated rings. The Labute approximate surface area is 143 Å². The van der Waals surface area contributed by atoms with E-state index in [9.17, 15) is 9.18 Å². The summed E-state index contributed by atoms with van der Waals surface area (Å²) in [5.41, 5.74) is 0.700. The number of hydrogen-bond donors (Lipinski definition) is 0. The number of ether oxygens (including phenoxy) is 2. The van der Waals surface area contributed by atoms with E-state index in [0.717, 1.165) is 0 Å². The highest BCUT2D eigenvalue weighted by atomic mass is 19.1. The Bertz CT molecular complexity index is 809. The van der Waals surface area contributed by atoms with Crippen molar-refractivity contribution >= 4 is 5.91 Å². The molecule has 2 aliphatic rings. The fraction of sp³-hybridized carbons (Fsp3) is 0.471. The van der Waals surface area contributed by atoms with E-state index in [1.807, 2.05) is 0 Å². The average molecular weight is 347 g/mol. The number of carbonyl (C=O) groups is 1. The lowest BCUT2D eigenvalue weighted by molar-refractivity contribution is -0.139. The van der Waals surface area contributed by atoms with Gasteiger partial charge in [0.15, 0.2) is 11.9 Å². The third-order valence-corrected chi connectivity index (χ3v) is 4.68. The predicted molar refractivity (Wildman–Crippen MR) is 83.4 cm³/mol. The molecule has 7 nitrogen and oxygen atoms in total. The molecule has 8 heteroatoms. The number of likely N-dealkylation sites (tertiary alicyclic amines) is 1. The highest BCUT2D eigenvalue weighted by Gasteiger charge is 2.43. The minimum Gasteiger partial charge on any atom is -0.480 e. The van der Waals surface area contributed by atoms with Gasteiger partial charge in [-0.3, -0.25) is 4.79 Å². The highest BCUT2D eigenvalue weighted by Crippen LogP contribution is 2.36. The molecule has 25 heavy (non-hydrogen) atoms. The first kappa shape index (κ1) is 16.0. The van der Waals surface area contributed by atoms with Crippen molar-refractivity contribution in [1.82, 2.24) is 15.0 Å². The van der Waals surface area contributed by atoms with Gasteiger partial charge < -0.3 is 18.9 Å². The first-order chi connectivity index (χ1) is 12.0. The minimum absolute atomic E-state index is 0.109. The number of aromatic nitrogens is 2. The Morgan fingerprint density at radius 3 is 3.00 bits per heavy atom. The van der Waals surface area contributed by atoms with Crippen LogP contribution in [0.25, 0.3) is 0 Å². The van der Waals surface area contributed by atoms with Crippen LogP contribution in [-0.4, -0.2) is 46.8 Å². The largest absolute Gasteiger partial charge is 0.480 e. The Hall–Kier alpha value is -2.48. The number of halogens is 1. The van der Waals surface area contributed by atoms with Crippen molar-refractivity contribution in [1.29, 1.82) is 0 Å². The molecule has 0 bridgehead atoms. The second-order valence-corrected chi connectivity index (χ2v) is 6.34. The van der Waals surface area contributed by atoms with Crippen LogP contribution in [0.1, 0.15) is 29.7 Å². The minimum atomic E-state index is -0.682. The van der Waals surface area contributed by atoms with Crippen LogP contribution in [0.5, 0.6) is 5.75 Å². The van der Waals surface area contributed by atoms with Crippen LogP contribution >= 0.6 is 0 Å². The van der Waals surface area contributed by atoms with Crippen molar-refractivity contribution in [3.05, 3.63) is 41.3 Å². The lowest BCUT2D eigenvalue weighted by Crippen LogP contribution is -2.41. The standard InChI is InChI=1S/C17H18FN3O4/c1-9-19-16(25-20-9)13-7-12(23-2)8-21(13)17(22)15-6-10-5-11(18)3-4-14(10)24-15/h3-5,12-13,15H,6-8H2,1-2H3/t12-,13+,15-/m0/s1. The van der Waals surface area contributed by atoms with E-state index in [-0.39, 0.29) is 23.9 Å². The zero-order valence-corrected chi connectivity index (χ0v) is 13.9. The molecule has 2 aliphatic heterocycles. The van der Waals surface area contributed by atoms with Crippen molar-refractivity contribution in [2.45, 2.75) is 38.0 Å². The number of methoxy groups -OCH3 is 1. The van der Waals surface area contributed by atoms with Gasteiger partial charge in [-0.05, 0) is 25.1 Å². The first-order valence-electron chi connectivity index (χ1n) is 8.13. The Morgan fingerprint density at radius 2 is 2.28 bits per heavy atom. The van der Waals surface area contributed by atoms with Crippen LogP contribution in [-0.2, 0) is 16.0 Å². The molecule has 132 valence electrons. The molecule has 2 aromatic rings. The van der Waals surface area contributed by atoms with Gasteiger partial charge in [-0.15, -0.1) is 0 Å². The number of fused-ring (bicyclic) bond motifs is 1. The van der Waals surface area contributed by atoms with Crippen molar-refractivity contribution in [2.75, 3.05) is 13.7 Å². The van der Waals surface area contributed by atoms with Gasteiger partial charge in [0, 0.05) is 32.1 Å². The maximum atomic E-state index is 13.4. The van der Waals surface area contributed by atoms with Crippen molar-refractivity contribution in [3.8, 4) is 5.75 Å². The van der Waals surface area contributed by atoms with E-state index in [1.54, 1.807) is 25.0 Å². The molecule has 0 radical (unpaired) electrons. The third-order valence-electron chi connectivity index (χ3n) is 4.68. The van der Waals surface area contributed by atoms with Crippen molar-refractivity contribution < 1.29 is 23.2 Å². The molecule has 1 aromatic carbocycles. The number of benzene rings is 1. The van der Waals surface area contributed by atoms with Crippen molar-refractivity contribution in [2.24, 2.45) is 0 Å². The fourth-order valence-electron chi connectivity index (χ4n) is 3.43. The lowest BCUT2D eigenvalue weighted by Gasteiger charge is -2.24. The summed E-state index contributed by atoms with van der Waals surface area (Å²) in [7, 11) is 1.61. The van der Waals surface area contributed by atoms with E-state index in [1.165, 1.54) is 12.1 Å². The lowest BCUT2D eigenvalue weighted by atomic mass is 10.1. The molecule has 1 aromatic heterocycles. The zero-order valence-electron chi connectivity index (χ0n) is 13.9. The number of rotatable bonds is 3. The van der Waals surface area contributed by atoms with E-state index < -0.39 is 6.10 Å². The zero-order chi connectivity index (χ0) is 17.6. The molecule has 3 heterocycles. The summed E-state index contributed by atoms with van der Waals surface area (Å²) in [6.07, 6.45) is 0.134. The second-order valence-electron chi connectivity index (χ2n) is 6.34. The molecule has 0 N–H and O–H groups in total. The summed E-state index contributed by atoms with van der Waals surface area (Å²) < 4.78 is 29.8. The number of carbonyl (C=O) groups excluding carboxylic acids is 1. The summed E-state index contributed by atoms with van der Waals surface area (Å²) in [5.74, 6) is 0.940. The van der Waals surface area contributed by atoms with Gasteiger partial charge >= 0.3 is 0 Å². The van der Waals surface area contributed by atoms with Gasteiger partial charge in [-0.2, -0.15) is 4.98 Å². The molecule has 3 atom stereocenters. The van der Waals surface area contributed by atoms with Gasteiger partial charge in [-0.1, -0.05) is 5.16 Å². The highest BCUT2D eigenvalue weighted by molar-refractivity contribution is 5.83. The Balaban J connectivity index is 1.56. The van der Waals surface area contributed by atoms with Crippen LogP contribution in [0.3, 0.4) is 0 Å².